The summed E-state index contributed by atoms with van der Waals surface area (Å²) >= 11 is 0. The molecular weight excluding hydrogens is 170 g/mol. The molecule has 1 aliphatic carbocycles. The fourth-order valence-corrected chi connectivity index (χ4v) is 3.27. The molecule has 0 bridgehead atoms. The fraction of sp³-hybridized carbons (Fsp3) is 0.538. The maximum atomic E-state index is 2.43. The molecule has 1 aromatic rings. The van der Waals surface area contributed by atoms with E-state index in [0.717, 1.165) is 0 Å². The molecule has 0 N–H and O–H groups in total. The van der Waals surface area contributed by atoms with Crippen LogP contribution < -0.4 is 0 Å². The van der Waals surface area contributed by atoms with Crippen molar-refractivity contribution in [1.82, 2.24) is 4.90 Å². The summed E-state index contributed by atoms with van der Waals surface area (Å²) in [7, 11) is 2.22. The van der Waals surface area contributed by atoms with Gasteiger partial charge in [0.15, 0.2) is 0 Å². The number of benzene rings is 1. The van der Waals surface area contributed by atoms with E-state index in [-0.39, 0.29) is 0 Å². The Morgan fingerprint density at radius 2 is 2.07 bits per heavy atom. The molecule has 1 spiro atoms. The molecule has 0 saturated carbocycles. The van der Waals surface area contributed by atoms with Gasteiger partial charge in [0.05, 0.1) is 0 Å². The van der Waals surface area contributed by atoms with Crippen molar-refractivity contribution in [2.75, 3.05) is 20.1 Å². The van der Waals surface area contributed by atoms with Crippen LogP contribution in [0.15, 0.2) is 18.2 Å². The molecule has 1 saturated heterocycles. The lowest BCUT2D eigenvalue weighted by Crippen LogP contribution is -2.56. The van der Waals surface area contributed by atoms with Gasteiger partial charge in [-0.3, -0.25) is 0 Å². The topological polar surface area (TPSA) is 3.24 Å². The van der Waals surface area contributed by atoms with Gasteiger partial charge in [0, 0.05) is 18.5 Å². The standard InChI is InChI=1S/C13H17N/c1-10-3-4-12-11(7-10)5-6-13(12)8-14(2)9-13/h3-4,7H,5-6,8-9H2,1-2H3. The Morgan fingerprint density at radius 3 is 2.79 bits per heavy atom. The Balaban J connectivity index is 2.03. The van der Waals surface area contributed by atoms with Crippen molar-refractivity contribution in [3.05, 3.63) is 34.9 Å². The normalized spacial score (nSPS) is 23.6. The van der Waals surface area contributed by atoms with Gasteiger partial charge in [-0.25, -0.2) is 0 Å². The molecule has 1 fully saturated rings. The molecule has 1 heteroatoms. The third-order valence-corrected chi connectivity index (χ3v) is 3.85. The number of hydrogen-bond acceptors (Lipinski definition) is 1. The van der Waals surface area contributed by atoms with Gasteiger partial charge in [-0.2, -0.15) is 0 Å². The van der Waals surface area contributed by atoms with Gasteiger partial charge >= 0.3 is 0 Å². The third-order valence-electron chi connectivity index (χ3n) is 3.85. The van der Waals surface area contributed by atoms with Gasteiger partial charge in [-0.05, 0) is 37.9 Å². The molecule has 14 heavy (non-hydrogen) atoms. The van der Waals surface area contributed by atoms with E-state index in [0.29, 0.717) is 5.41 Å². The molecular formula is C13H17N. The lowest BCUT2D eigenvalue weighted by Gasteiger charge is -2.47. The van der Waals surface area contributed by atoms with Crippen molar-refractivity contribution in [2.24, 2.45) is 0 Å². The minimum Gasteiger partial charge on any atom is -0.304 e. The molecule has 0 unspecified atom stereocenters. The second-order valence-corrected chi connectivity index (χ2v) is 5.11. The maximum Gasteiger partial charge on any atom is 0.0213 e. The molecule has 0 aromatic heterocycles. The van der Waals surface area contributed by atoms with Crippen LogP contribution in [0, 0.1) is 6.92 Å². The highest BCUT2D eigenvalue weighted by molar-refractivity contribution is 5.44. The highest BCUT2D eigenvalue weighted by atomic mass is 15.2. The molecule has 1 heterocycles. The number of likely N-dealkylation sites (N-methyl/N-ethyl adjacent to an activating group) is 1. The van der Waals surface area contributed by atoms with E-state index < -0.39 is 0 Å². The van der Waals surface area contributed by atoms with E-state index >= 15 is 0 Å². The number of likely N-dealkylation sites (tertiary alicyclic amines) is 1. The van der Waals surface area contributed by atoms with Crippen molar-refractivity contribution in [3.8, 4) is 0 Å². The third kappa shape index (κ3) is 0.992. The van der Waals surface area contributed by atoms with Crippen molar-refractivity contribution in [1.29, 1.82) is 0 Å². The first-order valence-electron chi connectivity index (χ1n) is 5.48. The van der Waals surface area contributed by atoms with Gasteiger partial charge in [-0.1, -0.05) is 23.8 Å². The van der Waals surface area contributed by atoms with Crippen LogP contribution in [-0.4, -0.2) is 25.0 Å². The average Bonchev–Trinajstić information content (AvgIpc) is 2.44. The van der Waals surface area contributed by atoms with Gasteiger partial charge in [0.1, 0.15) is 0 Å². The van der Waals surface area contributed by atoms with Crippen molar-refractivity contribution < 1.29 is 0 Å². The van der Waals surface area contributed by atoms with Gasteiger partial charge < -0.3 is 4.90 Å². The van der Waals surface area contributed by atoms with Crippen LogP contribution in [0.2, 0.25) is 0 Å². The number of fused-ring (bicyclic) bond motifs is 2. The molecule has 0 amide bonds. The second-order valence-electron chi connectivity index (χ2n) is 5.11. The van der Waals surface area contributed by atoms with Crippen molar-refractivity contribution >= 4 is 0 Å². The molecule has 1 aliphatic heterocycles. The van der Waals surface area contributed by atoms with Crippen LogP contribution in [0.1, 0.15) is 23.1 Å². The zero-order valence-corrected chi connectivity index (χ0v) is 9.01. The lowest BCUT2D eigenvalue weighted by atomic mass is 9.75. The predicted molar refractivity (Wildman–Crippen MR) is 58.7 cm³/mol. The van der Waals surface area contributed by atoms with Crippen LogP contribution >= 0.6 is 0 Å². The summed E-state index contributed by atoms with van der Waals surface area (Å²) in [4.78, 5) is 2.43. The number of rotatable bonds is 0. The number of aryl methyl sites for hydroxylation is 2. The Kier molecular flexibility index (Phi) is 1.58. The van der Waals surface area contributed by atoms with Crippen LogP contribution in [0.5, 0.6) is 0 Å². The summed E-state index contributed by atoms with van der Waals surface area (Å²) in [6.07, 6.45) is 2.67. The zero-order valence-electron chi connectivity index (χ0n) is 9.01. The van der Waals surface area contributed by atoms with Crippen LogP contribution in [0.3, 0.4) is 0 Å². The largest absolute Gasteiger partial charge is 0.304 e. The molecule has 1 nitrogen and oxygen atoms in total. The highest BCUT2D eigenvalue weighted by Crippen LogP contribution is 2.44. The van der Waals surface area contributed by atoms with E-state index in [1.807, 2.05) is 0 Å². The van der Waals surface area contributed by atoms with Crippen molar-refractivity contribution in [2.45, 2.75) is 25.2 Å². The van der Waals surface area contributed by atoms with Crippen LogP contribution in [0.4, 0.5) is 0 Å². The Hall–Kier alpha value is -0.820. The summed E-state index contributed by atoms with van der Waals surface area (Å²) in [6, 6.07) is 7.01. The molecule has 1 aromatic carbocycles. The maximum absolute atomic E-state index is 2.43. The van der Waals surface area contributed by atoms with Crippen LogP contribution in [0.25, 0.3) is 0 Å². The Labute approximate surface area is 85.7 Å². The average molecular weight is 187 g/mol. The van der Waals surface area contributed by atoms with E-state index in [4.69, 9.17) is 0 Å². The number of nitrogens with zero attached hydrogens (tertiary/aromatic N) is 1. The molecule has 0 radical (unpaired) electrons. The first kappa shape index (κ1) is 8.49. The smallest absolute Gasteiger partial charge is 0.0213 e. The van der Waals surface area contributed by atoms with E-state index in [2.05, 4.69) is 37.1 Å². The molecule has 74 valence electrons. The van der Waals surface area contributed by atoms with Crippen molar-refractivity contribution in [3.63, 3.8) is 0 Å². The van der Waals surface area contributed by atoms with Gasteiger partial charge in [0.25, 0.3) is 0 Å². The zero-order chi connectivity index (χ0) is 9.76. The Morgan fingerprint density at radius 1 is 1.29 bits per heavy atom. The Bertz CT molecular complexity index is 375. The monoisotopic (exact) mass is 187 g/mol. The quantitative estimate of drug-likeness (QED) is 0.601. The predicted octanol–water partition coefficient (Wildman–Crippen LogP) is 2.12. The summed E-state index contributed by atoms with van der Waals surface area (Å²) in [5.41, 5.74) is 5.20. The summed E-state index contributed by atoms with van der Waals surface area (Å²) in [5.74, 6) is 0. The first-order valence-corrected chi connectivity index (χ1v) is 5.48. The van der Waals surface area contributed by atoms with Gasteiger partial charge in [0.2, 0.25) is 0 Å². The minimum atomic E-state index is 0.539. The second kappa shape index (κ2) is 2.60. The fourth-order valence-electron chi connectivity index (χ4n) is 3.27. The lowest BCUT2D eigenvalue weighted by molar-refractivity contribution is 0.0946. The molecule has 0 atom stereocenters. The highest BCUT2D eigenvalue weighted by Gasteiger charge is 2.46. The molecule has 2 aliphatic rings. The first-order chi connectivity index (χ1) is 6.70. The SMILES string of the molecule is Cc1ccc2c(c1)CCC21CN(C)C1. The number of hydrogen-bond donors (Lipinski definition) is 0. The minimum absolute atomic E-state index is 0.539. The van der Waals surface area contributed by atoms with E-state index in [1.165, 1.54) is 31.5 Å². The summed E-state index contributed by atoms with van der Waals surface area (Å²) in [5, 5.41) is 0. The van der Waals surface area contributed by atoms with E-state index in [1.54, 1.807) is 11.1 Å². The van der Waals surface area contributed by atoms with Gasteiger partial charge in [-0.15, -0.1) is 0 Å². The summed E-state index contributed by atoms with van der Waals surface area (Å²) < 4.78 is 0. The molecule has 3 rings (SSSR count). The van der Waals surface area contributed by atoms with Crippen LogP contribution in [-0.2, 0) is 11.8 Å². The summed E-state index contributed by atoms with van der Waals surface area (Å²) in [6.45, 7) is 4.73. The van der Waals surface area contributed by atoms with E-state index in [9.17, 15) is 0 Å².